The molecule has 0 unspecified atom stereocenters. The number of hydrogen-bond donors (Lipinski definition) is 1. The molecule has 1 amide bonds. The van der Waals surface area contributed by atoms with Crippen LogP contribution in [-0.4, -0.2) is 44.2 Å². The van der Waals surface area contributed by atoms with Crippen molar-refractivity contribution < 1.29 is 9.53 Å². The molecule has 0 aromatic carbocycles. The Balaban J connectivity index is 1.67. The second-order valence-corrected chi connectivity index (χ2v) is 6.36. The number of ether oxygens (including phenoxy) is 1. The van der Waals surface area contributed by atoms with Crippen molar-refractivity contribution >= 4 is 17.2 Å². The summed E-state index contributed by atoms with van der Waals surface area (Å²) >= 11 is 1.67. The minimum Gasteiger partial charge on any atom is -0.380 e. The second kappa shape index (κ2) is 4.64. The van der Waals surface area contributed by atoms with Gasteiger partial charge in [-0.05, 0) is 18.5 Å². The molecule has 0 saturated carbocycles. The van der Waals surface area contributed by atoms with Gasteiger partial charge in [0.1, 0.15) is 0 Å². The highest BCUT2D eigenvalue weighted by Crippen LogP contribution is 2.40. The number of rotatable bonds is 3. The van der Waals surface area contributed by atoms with Crippen molar-refractivity contribution in [2.24, 2.45) is 11.3 Å². The maximum atomic E-state index is 12.5. The van der Waals surface area contributed by atoms with Crippen molar-refractivity contribution in [2.75, 3.05) is 33.4 Å². The third kappa shape index (κ3) is 1.96. The molecule has 2 saturated heterocycles. The number of nitrogens with one attached hydrogen (secondary N) is 1. The molecule has 5 heteroatoms. The summed E-state index contributed by atoms with van der Waals surface area (Å²) in [4.78, 5) is 15.9. The Kier molecular flexibility index (Phi) is 3.13. The summed E-state index contributed by atoms with van der Waals surface area (Å²) in [7, 11) is 2.08. The summed E-state index contributed by atoms with van der Waals surface area (Å²) in [6.07, 6.45) is 0. The number of fused-ring (bicyclic) bond motifs is 1. The Morgan fingerprint density at radius 2 is 2.61 bits per heavy atom. The van der Waals surface area contributed by atoms with Crippen molar-refractivity contribution in [3.8, 4) is 0 Å². The van der Waals surface area contributed by atoms with Gasteiger partial charge in [-0.15, -0.1) is 11.3 Å². The fourth-order valence-electron chi connectivity index (χ4n) is 3.06. The quantitative estimate of drug-likeness (QED) is 0.885. The van der Waals surface area contributed by atoms with Crippen LogP contribution in [-0.2, 0) is 16.1 Å². The molecule has 1 aromatic rings. The van der Waals surface area contributed by atoms with Crippen LogP contribution in [0.3, 0.4) is 0 Å². The van der Waals surface area contributed by atoms with Crippen LogP contribution in [0, 0.1) is 11.3 Å². The first-order chi connectivity index (χ1) is 8.71. The van der Waals surface area contributed by atoms with Gasteiger partial charge in [-0.3, -0.25) is 4.79 Å². The number of nitrogens with zero attached hydrogens (tertiary/aromatic N) is 1. The third-order valence-corrected chi connectivity index (χ3v) is 4.88. The molecule has 0 spiro atoms. The van der Waals surface area contributed by atoms with Crippen LogP contribution in [0.1, 0.15) is 4.88 Å². The van der Waals surface area contributed by atoms with Crippen LogP contribution in [0.5, 0.6) is 0 Å². The van der Waals surface area contributed by atoms with Gasteiger partial charge in [0, 0.05) is 23.9 Å². The van der Waals surface area contributed by atoms with Crippen LogP contribution < -0.4 is 5.32 Å². The molecule has 98 valence electrons. The van der Waals surface area contributed by atoms with Gasteiger partial charge in [-0.2, -0.15) is 0 Å². The molecule has 2 aliphatic rings. The van der Waals surface area contributed by atoms with Gasteiger partial charge >= 0.3 is 0 Å². The topological polar surface area (TPSA) is 41.6 Å². The Labute approximate surface area is 111 Å². The lowest BCUT2D eigenvalue weighted by molar-refractivity contribution is -0.131. The highest BCUT2D eigenvalue weighted by Gasteiger charge is 2.54. The van der Waals surface area contributed by atoms with Crippen molar-refractivity contribution in [1.82, 2.24) is 10.2 Å². The molecule has 3 heterocycles. The molecular formula is C13H18N2O2S. The normalized spacial score (nSPS) is 31.5. The molecule has 0 aliphatic carbocycles. The monoisotopic (exact) mass is 266 g/mol. The van der Waals surface area contributed by atoms with E-state index in [0.717, 1.165) is 19.7 Å². The summed E-state index contributed by atoms with van der Waals surface area (Å²) in [6.45, 7) is 3.70. The standard InChI is InChI=1S/C13H18N2O2S/c1-15-6-10-7-17-9-13(10,8-15)12(16)14-5-11-3-2-4-18-11/h2-4,10H,5-9H2,1H3,(H,14,16)/t10-,13-/m1/s1. The van der Waals surface area contributed by atoms with E-state index in [2.05, 4.69) is 17.3 Å². The van der Waals surface area contributed by atoms with Gasteiger partial charge in [-0.25, -0.2) is 0 Å². The van der Waals surface area contributed by atoms with Crippen molar-refractivity contribution in [3.05, 3.63) is 22.4 Å². The first kappa shape index (κ1) is 12.1. The molecule has 4 nitrogen and oxygen atoms in total. The van der Waals surface area contributed by atoms with Gasteiger partial charge in [0.2, 0.25) is 5.91 Å². The van der Waals surface area contributed by atoms with E-state index in [-0.39, 0.29) is 11.3 Å². The van der Waals surface area contributed by atoms with Crippen LogP contribution in [0.15, 0.2) is 17.5 Å². The highest BCUT2D eigenvalue weighted by atomic mass is 32.1. The minimum atomic E-state index is -0.313. The molecule has 2 aliphatic heterocycles. The largest absolute Gasteiger partial charge is 0.380 e. The van der Waals surface area contributed by atoms with E-state index in [4.69, 9.17) is 4.74 Å². The fraction of sp³-hybridized carbons (Fsp3) is 0.615. The summed E-state index contributed by atoms with van der Waals surface area (Å²) in [6, 6.07) is 4.06. The highest BCUT2D eigenvalue weighted by molar-refractivity contribution is 7.09. The lowest BCUT2D eigenvalue weighted by Crippen LogP contribution is -2.46. The zero-order valence-corrected chi connectivity index (χ0v) is 11.3. The number of thiophene rings is 1. The van der Waals surface area contributed by atoms with Gasteiger partial charge < -0.3 is 15.0 Å². The Morgan fingerprint density at radius 3 is 3.39 bits per heavy atom. The average Bonchev–Trinajstić information content (AvgIpc) is 3.00. The maximum Gasteiger partial charge on any atom is 0.230 e. The molecule has 18 heavy (non-hydrogen) atoms. The van der Waals surface area contributed by atoms with Crippen molar-refractivity contribution in [3.63, 3.8) is 0 Å². The molecule has 2 atom stereocenters. The molecular weight excluding hydrogens is 248 g/mol. The molecule has 2 fully saturated rings. The van der Waals surface area contributed by atoms with Crippen LogP contribution >= 0.6 is 11.3 Å². The first-order valence-corrected chi connectivity index (χ1v) is 7.16. The molecule has 1 N–H and O–H groups in total. The van der Waals surface area contributed by atoms with E-state index >= 15 is 0 Å². The number of amides is 1. The van der Waals surface area contributed by atoms with E-state index in [1.54, 1.807) is 11.3 Å². The second-order valence-electron chi connectivity index (χ2n) is 5.33. The Morgan fingerprint density at radius 1 is 1.72 bits per heavy atom. The number of carbonyl (C=O) groups is 1. The summed E-state index contributed by atoms with van der Waals surface area (Å²) < 4.78 is 5.54. The van der Waals surface area contributed by atoms with Crippen LogP contribution in [0.4, 0.5) is 0 Å². The lowest BCUT2D eigenvalue weighted by atomic mass is 9.80. The smallest absolute Gasteiger partial charge is 0.230 e. The third-order valence-electron chi connectivity index (χ3n) is 4.00. The molecule has 1 aromatic heterocycles. The van der Waals surface area contributed by atoms with Gasteiger partial charge in [0.15, 0.2) is 0 Å². The number of likely N-dealkylation sites (tertiary alicyclic amines) is 1. The zero-order chi connectivity index (χ0) is 12.6. The van der Waals surface area contributed by atoms with E-state index in [1.807, 2.05) is 17.5 Å². The lowest BCUT2D eigenvalue weighted by Gasteiger charge is -2.25. The van der Waals surface area contributed by atoms with Crippen LogP contribution in [0.25, 0.3) is 0 Å². The molecule has 3 rings (SSSR count). The predicted molar refractivity (Wildman–Crippen MR) is 70.4 cm³/mol. The van der Waals surface area contributed by atoms with Crippen LogP contribution in [0.2, 0.25) is 0 Å². The first-order valence-electron chi connectivity index (χ1n) is 6.28. The zero-order valence-electron chi connectivity index (χ0n) is 10.5. The molecule has 0 radical (unpaired) electrons. The summed E-state index contributed by atoms with van der Waals surface area (Å²) in [5.41, 5.74) is -0.313. The number of hydrogen-bond acceptors (Lipinski definition) is 4. The SMILES string of the molecule is CN1C[C@@H]2COC[C@]2(C(=O)NCc2cccs2)C1. The Hall–Kier alpha value is -0.910. The van der Waals surface area contributed by atoms with Gasteiger partial charge in [-0.1, -0.05) is 6.07 Å². The van der Waals surface area contributed by atoms with Crippen molar-refractivity contribution in [1.29, 1.82) is 0 Å². The van der Waals surface area contributed by atoms with Gasteiger partial charge in [0.25, 0.3) is 0 Å². The van der Waals surface area contributed by atoms with E-state index in [9.17, 15) is 4.79 Å². The predicted octanol–water partition coefficient (Wildman–Crippen LogP) is 0.942. The van der Waals surface area contributed by atoms with E-state index in [1.165, 1.54) is 4.88 Å². The maximum absolute atomic E-state index is 12.5. The van der Waals surface area contributed by atoms with E-state index < -0.39 is 0 Å². The van der Waals surface area contributed by atoms with Gasteiger partial charge in [0.05, 0.1) is 25.2 Å². The minimum absolute atomic E-state index is 0.155. The summed E-state index contributed by atoms with van der Waals surface area (Å²) in [5.74, 6) is 0.508. The van der Waals surface area contributed by atoms with E-state index in [0.29, 0.717) is 19.1 Å². The molecule has 0 bridgehead atoms. The summed E-state index contributed by atoms with van der Waals surface area (Å²) in [5, 5.41) is 5.11. The average molecular weight is 266 g/mol. The number of carbonyl (C=O) groups excluding carboxylic acids is 1. The fourth-order valence-corrected chi connectivity index (χ4v) is 3.71. The van der Waals surface area contributed by atoms with Crippen molar-refractivity contribution in [2.45, 2.75) is 6.54 Å². The Bertz CT molecular complexity index is 434.